The van der Waals surface area contributed by atoms with Crippen LogP contribution in [0.25, 0.3) is 0 Å². The molecule has 1 fully saturated rings. The summed E-state index contributed by atoms with van der Waals surface area (Å²) < 4.78 is 0. The minimum Gasteiger partial charge on any atom is -0.479 e. The highest BCUT2D eigenvalue weighted by atomic mass is 32.1. The number of carboxylic acids is 1. The van der Waals surface area contributed by atoms with E-state index in [1.54, 1.807) is 6.08 Å². The van der Waals surface area contributed by atoms with Gasteiger partial charge in [-0.25, -0.2) is 9.59 Å². The van der Waals surface area contributed by atoms with Gasteiger partial charge in [-0.05, 0) is 17.0 Å². The minimum atomic E-state index is -1.01. The lowest BCUT2D eigenvalue weighted by Gasteiger charge is -2.27. The summed E-state index contributed by atoms with van der Waals surface area (Å²) in [5.41, 5.74) is 0.864. The fourth-order valence-electron chi connectivity index (χ4n) is 2.53. The molecule has 2 aliphatic heterocycles. The van der Waals surface area contributed by atoms with Crippen LogP contribution in [0, 0.1) is 0 Å². The summed E-state index contributed by atoms with van der Waals surface area (Å²) in [6.45, 7) is 4.10. The van der Waals surface area contributed by atoms with Crippen LogP contribution < -0.4 is 0 Å². The molecule has 0 saturated carbocycles. The second-order valence-electron chi connectivity index (χ2n) is 4.34. The number of amides is 2. The van der Waals surface area contributed by atoms with Crippen LogP contribution in [-0.4, -0.2) is 40.2 Å². The van der Waals surface area contributed by atoms with Crippen molar-refractivity contribution in [2.45, 2.75) is 12.1 Å². The number of carboxylic acid groups (broad SMARTS) is 1. The lowest BCUT2D eigenvalue weighted by atomic mass is 10.00. The summed E-state index contributed by atoms with van der Waals surface area (Å²) in [4.78, 5) is 31.0. The van der Waals surface area contributed by atoms with Gasteiger partial charge in [0, 0.05) is 4.88 Å². The van der Waals surface area contributed by atoms with Crippen molar-refractivity contribution in [3.63, 3.8) is 0 Å². The zero-order valence-electron chi connectivity index (χ0n) is 9.98. The molecule has 0 radical (unpaired) electrons. The fourth-order valence-corrected chi connectivity index (χ4v) is 3.59. The van der Waals surface area contributed by atoms with Crippen molar-refractivity contribution in [1.82, 2.24) is 9.96 Å². The Balaban J connectivity index is 2.02. The normalized spacial score (nSPS) is 24.5. The van der Waals surface area contributed by atoms with Crippen LogP contribution in [0.1, 0.15) is 22.5 Å². The van der Waals surface area contributed by atoms with Crippen LogP contribution in [0.5, 0.6) is 0 Å². The Hall–Kier alpha value is -1.86. The smallest absolute Gasteiger partial charge is 0.345 e. The molecule has 19 heavy (non-hydrogen) atoms. The highest BCUT2D eigenvalue weighted by molar-refractivity contribution is 7.10. The minimum absolute atomic E-state index is 0.216. The van der Waals surface area contributed by atoms with E-state index in [0.29, 0.717) is 11.4 Å². The zero-order chi connectivity index (χ0) is 13.6. The molecule has 0 aliphatic carbocycles. The van der Waals surface area contributed by atoms with E-state index in [4.69, 9.17) is 4.84 Å². The van der Waals surface area contributed by atoms with Gasteiger partial charge in [-0.2, -0.15) is 5.06 Å². The standard InChI is InChI=1S/C12H12N2O4S/c1-2-4-18-14-8-6-13(12(14)17)9(11(15)16)10-7(8)3-5-19-10/h2-3,5,8-9H,1,4,6H2,(H,15,16)/t8-,9+/m1/s1. The molecule has 1 N–H and O–H groups in total. The van der Waals surface area contributed by atoms with Crippen LogP contribution in [-0.2, 0) is 9.63 Å². The monoisotopic (exact) mass is 280 g/mol. The van der Waals surface area contributed by atoms with Gasteiger partial charge in [0.25, 0.3) is 0 Å². The van der Waals surface area contributed by atoms with Crippen molar-refractivity contribution in [3.8, 4) is 0 Å². The van der Waals surface area contributed by atoms with Crippen molar-refractivity contribution in [2.75, 3.05) is 13.2 Å². The van der Waals surface area contributed by atoms with Gasteiger partial charge >= 0.3 is 12.0 Å². The van der Waals surface area contributed by atoms with E-state index in [1.165, 1.54) is 21.3 Å². The van der Waals surface area contributed by atoms with Gasteiger partial charge in [0.05, 0.1) is 13.2 Å². The van der Waals surface area contributed by atoms with E-state index in [1.807, 2.05) is 11.4 Å². The molecule has 2 atom stereocenters. The van der Waals surface area contributed by atoms with Gasteiger partial charge in [0.15, 0.2) is 6.04 Å². The molecule has 2 amide bonds. The van der Waals surface area contributed by atoms with Crippen LogP contribution >= 0.6 is 11.3 Å². The lowest BCUT2D eigenvalue weighted by Crippen LogP contribution is -2.37. The summed E-state index contributed by atoms with van der Waals surface area (Å²) in [6.07, 6.45) is 1.55. The van der Waals surface area contributed by atoms with E-state index < -0.39 is 18.0 Å². The number of thiophene rings is 1. The summed E-state index contributed by atoms with van der Waals surface area (Å²) in [6, 6.07) is 0.323. The Bertz CT molecular complexity index is 556. The van der Waals surface area contributed by atoms with Gasteiger partial charge in [-0.1, -0.05) is 6.08 Å². The molecule has 1 saturated heterocycles. The maximum absolute atomic E-state index is 12.2. The average molecular weight is 280 g/mol. The van der Waals surface area contributed by atoms with E-state index in [9.17, 15) is 14.7 Å². The molecule has 1 aromatic rings. The molecular formula is C12H12N2O4S. The number of rotatable bonds is 4. The van der Waals surface area contributed by atoms with Crippen molar-refractivity contribution in [3.05, 3.63) is 34.5 Å². The van der Waals surface area contributed by atoms with Crippen molar-refractivity contribution in [1.29, 1.82) is 0 Å². The second-order valence-corrected chi connectivity index (χ2v) is 5.29. The van der Waals surface area contributed by atoms with Crippen molar-refractivity contribution >= 4 is 23.3 Å². The van der Waals surface area contributed by atoms with Gasteiger partial charge in [0.2, 0.25) is 0 Å². The molecule has 3 heterocycles. The number of hydroxylamine groups is 2. The molecule has 0 spiro atoms. The van der Waals surface area contributed by atoms with Gasteiger partial charge in [-0.15, -0.1) is 17.9 Å². The van der Waals surface area contributed by atoms with Crippen LogP contribution in [0.4, 0.5) is 4.79 Å². The number of carbonyl (C=O) groups is 2. The van der Waals surface area contributed by atoms with Gasteiger partial charge in [-0.3, -0.25) is 4.84 Å². The number of urea groups is 1. The first-order valence-electron chi connectivity index (χ1n) is 5.79. The summed E-state index contributed by atoms with van der Waals surface area (Å²) in [5.74, 6) is -1.01. The molecule has 2 aliphatic rings. The largest absolute Gasteiger partial charge is 0.479 e. The molecule has 0 unspecified atom stereocenters. The first kappa shape index (κ1) is 12.2. The van der Waals surface area contributed by atoms with E-state index >= 15 is 0 Å². The molecule has 3 rings (SSSR count). The highest BCUT2D eigenvalue weighted by Crippen LogP contribution is 2.46. The summed E-state index contributed by atoms with van der Waals surface area (Å²) in [5, 5.41) is 12.4. The van der Waals surface area contributed by atoms with E-state index in [2.05, 4.69) is 6.58 Å². The van der Waals surface area contributed by atoms with Gasteiger partial charge in [0.1, 0.15) is 6.04 Å². The van der Waals surface area contributed by atoms with Crippen LogP contribution in [0.2, 0.25) is 0 Å². The lowest BCUT2D eigenvalue weighted by molar-refractivity contribution is -0.142. The first-order chi connectivity index (χ1) is 9.15. The van der Waals surface area contributed by atoms with E-state index in [0.717, 1.165) is 5.56 Å². The summed E-state index contributed by atoms with van der Waals surface area (Å²) >= 11 is 1.36. The van der Waals surface area contributed by atoms with Crippen LogP contribution in [0.15, 0.2) is 24.1 Å². The quantitative estimate of drug-likeness (QED) is 0.854. The number of aliphatic carboxylic acids is 1. The predicted octanol–water partition coefficient (Wildman–Crippen LogP) is 1.78. The molecule has 100 valence electrons. The van der Waals surface area contributed by atoms with Crippen molar-refractivity contribution < 1.29 is 19.5 Å². The molecule has 7 heteroatoms. The molecule has 1 aromatic heterocycles. The summed E-state index contributed by atoms with van der Waals surface area (Å²) in [7, 11) is 0. The fraction of sp³-hybridized carbons (Fsp3) is 0.333. The number of fused-ring (bicyclic) bond motifs is 4. The Morgan fingerprint density at radius 2 is 2.47 bits per heavy atom. The third-order valence-electron chi connectivity index (χ3n) is 3.30. The van der Waals surface area contributed by atoms with Crippen LogP contribution in [0.3, 0.4) is 0 Å². The average Bonchev–Trinajstić information content (AvgIpc) is 2.94. The Labute approximate surface area is 113 Å². The number of hydrogen-bond acceptors (Lipinski definition) is 4. The molecular weight excluding hydrogens is 268 g/mol. The molecule has 2 bridgehead atoms. The second kappa shape index (κ2) is 4.36. The predicted molar refractivity (Wildman–Crippen MR) is 67.5 cm³/mol. The topological polar surface area (TPSA) is 70.1 Å². The first-order valence-corrected chi connectivity index (χ1v) is 6.67. The Morgan fingerprint density at radius 1 is 1.68 bits per heavy atom. The maximum Gasteiger partial charge on any atom is 0.345 e. The molecule has 0 aromatic carbocycles. The van der Waals surface area contributed by atoms with Gasteiger partial charge < -0.3 is 10.0 Å². The Kier molecular flexibility index (Phi) is 2.79. The van der Waals surface area contributed by atoms with Crippen molar-refractivity contribution in [2.24, 2.45) is 0 Å². The third-order valence-corrected chi connectivity index (χ3v) is 4.28. The molecule has 6 nitrogen and oxygen atoms in total. The number of nitrogens with zero attached hydrogens (tertiary/aromatic N) is 2. The Morgan fingerprint density at radius 3 is 3.16 bits per heavy atom. The highest BCUT2D eigenvalue weighted by Gasteiger charge is 2.51. The number of carbonyl (C=O) groups excluding carboxylic acids is 1. The van der Waals surface area contributed by atoms with E-state index in [-0.39, 0.29) is 12.6 Å². The number of hydrogen-bond donors (Lipinski definition) is 1. The third kappa shape index (κ3) is 1.66. The SMILES string of the molecule is C=CCON1C(=O)N2C[C@@H]1c1ccsc1[C@H]2C(=O)O. The zero-order valence-corrected chi connectivity index (χ0v) is 10.8. The maximum atomic E-state index is 12.2.